The molecule has 1 fully saturated rings. The number of hydrogen-bond acceptors (Lipinski definition) is 4. The monoisotopic (exact) mass is 356 g/mol. The standard InChI is InChI=1S/C20H24N2O2S/c1-2-3-4-15-5-8-17(9-6-15)22-20(23)16-7-10-19(21-13-16)24-18-11-12-25-14-18/h5-10,13,18H,2-4,11-12,14H2,1H3,(H,22,23). The van der Waals surface area contributed by atoms with Gasteiger partial charge in [0.1, 0.15) is 6.10 Å². The van der Waals surface area contributed by atoms with Crippen LogP contribution in [0.3, 0.4) is 0 Å². The minimum absolute atomic E-state index is 0.156. The van der Waals surface area contributed by atoms with E-state index in [9.17, 15) is 4.79 Å². The zero-order valence-electron chi connectivity index (χ0n) is 14.5. The highest BCUT2D eigenvalue weighted by atomic mass is 32.2. The molecule has 1 N–H and O–H groups in total. The number of carbonyl (C=O) groups is 1. The van der Waals surface area contributed by atoms with Crippen LogP contribution in [0.2, 0.25) is 0 Å². The van der Waals surface area contributed by atoms with E-state index in [4.69, 9.17) is 4.74 Å². The quantitative estimate of drug-likeness (QED) is 0.790. The Labute approximate surface area is 153 Å². The summed E-state index contributed by atoms with van der Waals surface area (Å²) in [7, 11) is 0. The number of rotatable bonds is 7. The summed E-state index contributed by atoms with van der Waals surface area (Å²) in [5.41, 5.74) is 2.63. The van der Waals surface area contributed by atoms with Crippen molar-refractivity contribution in [2.75, 3.05) is 16.8 Å². The van der Waals surface area contributed by atoms with Gasteiger partial charge in [0.2, 0.25) is 5.88 Å². The first-order chi connectivity index (χ1) is 12.2. The van der Waals surface area contributed by atoms with Crippen molar-refractivity contribution in [2.45, 2.75) is 38.7 Å². The van der Waals surface area contributed by atoms with Crippen LogP contribution in [-0.2, 0) is 6.42 Å². The van der Waals surface area contributed by atoms with Crippen LogP contribution in [0.25, 0.3) is 0 Å². The highest BCUT2D eigenvalue weighted by Gasteiger charge is 2.17. The summed E-state index contributed by atoms with van der Waals surface area (Å²) in [6.07, 6.45) is 6.32. The molecule has 1 aromatic heterocycles. The molecule has 1 aliphatic heterocycles. The fourth-order valence-corrected chi connectivity index (χ4v) is 3.79. The second kappa shape index (κ2) is 8.90. The molecule has 2 aromatic rings. The highest BCUT2D eigenvalue weighted by molar-refractivity contribution is 7.99. The van der Waals surface area contributed by atoms with E-state index in [1.54, 1.807) is 18.3 Å². The number of amides is 1. The lowest BCUT2D eigenvalue weighted by Gasteiger charge is -2.11. The van der Waals surface area contributed by atoms with Crippen LogP contribution < -0.4 is 10.1 Å². The van der Waals surface area contributed by atoms with Crippen LogP contribution in [-0.4, -0.2) is 28.5 Å². The summed E-state index contributed by atoms with van der Waals surface area (Å²) in [5.74, 6) is 2.58. The Morgan fingerprint density at radius 1 is 1.28 bits per heavy atom. The lowest BCUT2D eigenvalue weighted by Crippen LogP contribution is -2.16. The Kier molecular flexibility index (Phi) is 6.34. The van der Waals surface area contributed by atoms with E-state index in [2.05, 4.69) is 29.4 Å². The van der Waals surface area contributed by atoms with E-state index >= 15 is 0 Å². The van der Waals surface area contributed by atoms with Gasteiger partial charge in [-0.1, -0.05) is 25.5 Å². The van der Waals surface area contributed by atoms with Crippen LogP contribution in [0.4, 0.5) is 5.69 Å². The van der Waals surface area contributed by atoms with E-state index in [0.29, 0.717) is 11.4 Å². The van der Waals surface area contributed by atoms with Gasteiger partial charge < -0.3 is 10.1 Å². The van der Waals surface area contributed by atoms with Gasteiger partial charge in [0, 0.05) is 23.7 Å². The molecule has 2 heterocycles. The van der Waals surface area contributed by atoms with E-state index in [-0.39, 0.29) is 12.0 Å². The maximum atomic E-state index is 12.3. The normalized spacial score (nSPS) is 16.6. The number of thioether (sulfide) groups is 1. The number of anilines is 1. The number of pyridine rings is 1. The molecule has 3 rings (SSSR count). The molecule has 0 spiro atoms. The van der Waals surface area contributed by atoms with Gasteiger partial charge in [0.05, 0.1) is 5.56 Å². The van der Waals surface area contributed by atoms with Crippen LogP contribution in [0, 0.1) is 0 Å². The maximum absolute atomic E-state index is 12.3. The summed E-state index contributed by atoms with van der Waals surface area (Å²) >= 11 is 1.90. The zero-order valence-corrected chi connectivity index (χ0v) is 15.3. The van der Waals surface area contributed by atoms with Gasteiger partial charge in [0.25, 0.3) is 5.91 Å². The fraction of sp³-hybridized carbons (Fsp3) is 0.400. The SMILES string of the molecule is CCCCc1ccc(NC(=O)c2ccc(OC3CCSC3)nc2)cc1. The second-order valence-corrected chi connectivity index (χ2v) is 7.39. The molecule has 0 radical (unpaired) electrons. The lowest BCUT2D eigenvalue weighted by molar-refractivity contribution is 0.102. The molecule has 1 unspecified atom stereocenters. The van der Waals surface area contributed by atoms with Crippen molar-refractivity contribution < 1.29 is 9.53 Å². The topological polar surface area (TPSA) is 51.2 Å². The van der Waals surface area contributed by atoms with Gasteiger partial charge in [-0.25, -0.2) is 4.98 Å². The third-order valence-corrected chi connectivity index (χ3v) is 5.34. The molecular formula is C20H24N2O2S. The minimum atomic E-state index is -0.156. The van der Waals surface area contributed by atoms with Gasteiger partial charge >= 0.3 is 0 Å². The minimum Gasteiger partial charge on any atom is -0.473 e. The van der Waals surface area contributed by atoms with Gasteiger partial charge in [-0.2, -0.15) is 11.8 Å². The molecule has 1 atom stereocenters. The third kappa shape index (κ3) is 5.23. The van der Waals surface area contributed by atoms with Crippen molar-refractivity contribution in [3.8, 4) is 5.88 Å². The Hall–Kier alpha value is -2.01. The predicted octanol–water partition coefficient (Wildman–Crippen LogP) is 4.56. The molecule has 1 saturated heterocycles. The number of hydrogen-bond donors (Lipinski definition) is 1. The fourth-order valence-electron chi connectivity index (χ4n) is 2.70. The Bertz CT molecular complexity index is 680. The molecule has 5 heteroatoms. The summed E-state index contributed by atoms with van der Waals surface area (Å²) in [5, 5.41) is 2.91. The Balaban J connectivity index is 1.55. The molecule has 1 aliphatic rings. The van der Waals surface area contributed by atoms with Gasteiger partial charge in [-0.05, 0) is 48.8 Å². The van der Waals surface area contributed by atoms with Crippen molar-refractivity contribution in [1.82, 2.24) is 4.98 Å². The molecule has 0 saturated carbocycles. The molecule has 1 amide bonds. The molecule has 4 nitrogen and oxygen atoms in total. The average Bonchev–Trinajstić information content (AvgIpc) is 3.15. The number of ether oxygens (including phenoxy) is 1. The number of nitrogens with one attached hydrogen (secondary N) is 1. The van der Waals surface area contributed by atoms with Crippen molar-refractivity contribution in [3.63, 3.8) is 0 Å². The molecule has 1 aromatic carbocycles. The van der Waals surface area contributed by atoms with Crippen molar-refractivity contribution in [3.05, 3.63) is 53.7 Å². The maximum Gasteiger partial charge on any atom is 0.257 e. The van der Waals surface area contributed by atoms with Gasteiger partial charge in [-0.3, -0.25) is 4.79 Å². The summed E-state index contributed by atoms with van der Waals surface area (Å²) in [6, 6.07) is 11.6. The van der Waals surface area contributed by atoms with E-state index in [1.807, 2.05) is 23.9 Å². The van der Waals surface area contributed by atoms with E-state index in [0.717, 1.165) is 30.0 Å². The average molecular weight is 356 g/mol. The van der Waals surface area contributed by atoms with E-state index < -0.39 is 0 Å². The van der Waals surface area contributed by atoms with Crippen LogP contribution >= 0.6 is 11.8 Å². The number of nitrogens with zero attached hydrogens (tertiary/aromatic N) is 1. The second-order valence-electron chi connectivity index (χ2n) is 6.24. The highest BCUT2D eigenvalue weighted by Crippen LogP contribution is 2.22. The molecule has 25 heavy (non-hydrogen) atoms. The van der Waals surface area contributed by atoms with Crippen LogP contribution in [0.5, 0.6) is 5.88 Å². The first kappa shape index (κ1) is 17.8. The molecule has 132 valence electrons. The number of benzene rings is 1. The Morgan fingerprint density at radius 2 is 2.12 bits per heavy atom. The largest absolute Gasteiger partial charge is 0.473 e. The zero-order chi connectivity index (χ0) is 17.5. The van der Waals surface area contributed by atoms with Crippen molar-refractivity contribution in [2.24, 2.45) is 0 Å². The summed E-state index contributed by atoms with van der Waals surface area (Å²) in [6.45, 7) is 2.19. The molecule has 0 bridgehead atoms. The number of aromatic nitrogens is 1. The smallest absolute Gasteiger partial charge is 0.257 e. The van der Waals surface area contributed by atoms with Gasteiger partial charge in [0.15, 0.2) is 0 Å². The Morgan fingerprint density at radius 3 is 2.76 bits per heavy atom. The van der Waals surface area contributed by atoms with Crippen LogP contribution in [0.15, 0.2) is 42.6 Å². The van der Waals surface area contributed by atoms with Crippen molar-refractivity contribution >= 4 is 23.4 Å². The lowest BCUT2D eigenvalue weighted by atomic mass is 10.1. The van der Waals surface area contributed by atoms with Gasteiger partial charge in [-0.15, -0.1) is 0 Å². The molecule has 0 aliphatic carbocycles. The number of aryl methyl sites for hydroxylation is 1. The third-order valence-electron chi connectivity index (χ3n) is 4.20. The first-order valence-corrected chi connectivity index (χ1v) is 10.0. The predicted molar refractivity (Wildman–Crippen MR) is 104 cm³/mol. The van der Waals surface area contributed by atoms with Crippen LogP contribution in [0.1, 0.15) is 42.1 Å². The number of carbonyl (C=O) groups excluding carboxylic acids is 1. The summed E-state index contributed by atoms with van der Waals surface area (Å²) in [4.78, 5) is 16.6. The summed E-state index contributed by atoms with van der Waals surface area (Å²) < 4.78 is 5.81. The van der Waals surface area contributed by atoms with E-state index in [1.165, 1.54) is 18.4 Å². The first-order valence-electron chi connectivity index (χ1n) is 8.85. The van der Waals surface area contributed by atoms with Crippen molar-refractivity contribution in [1.29, 1.82) is 0 Å². The number of unbranched alkanes of at least 4 members (excludes halogenated alkanes) is 1. The molecular weight excluding hydrogens is 332 g/mol.